The maximum absolute atomic E-state index is 12.7. The summed E-state index contributed by atoms with van der Waals surface area (Å²) in [5.74, 6) is -2.58. The maximum atomic E-state index is 12.7. The van der Waals surface area contributed by atoms with Gasteiger partial charge in [0.1, 0.15) is 0 Å². The molecule has 0 unspecified atom stereocenters. The smallest absolute Gasteiger partial charge is 0.868 e. The summed E-state index contributed by atoms with van der Waals surface area (Å²) in [4.78, 5) is 18.1. The molecular formula is C6H2FKN2O5. The first-order valence-electron chi connectivity index (χ1n) is 3.23. The van der Waals surface area contributed by atoms with Crippen LogP contribution in [0.4, 0.5) is 15.8 Å². The number of benzene rings is 1. The zero-order chi connectivity index (χ0) is 10.9. The Kier molecular flexibility index (Phi) is 5.24. The summed E-state index contributed by atoms with van der Waals surface area (Å²) in [7, 11) is 0. The molecule has 7 nitrogen and oxygen atoms in total. The van der Waals surface area contributed by atoms with Crippen LogP contribution in [0.15, 0.2) is 12.1 Å². The van der Waals surface area contributed by atoms with E-state index < -0.39 is 32.8 Å². The van der Waals surface area contributed by atoms with Crippen LogP contribution >= 0.6 is 0 Å². The molecule has 0 N–H and O–H groups in total. The van der Waals surface area contributed by atoms with Crippen molar-refractivity contribution in [2.24, 2.45) is 0 Å². The molecule has 0 saturated heterocycles. The Morgan fingerprint density at radius 1 is 1.07 bits per heavy atom. The van der Waals surface area contributed by atoms with E-state index in [4.69, 9.17) is 0 Å². The molecule has 0 saturated carbocycles. The Morgan fingerprint density at radius 3 is 1.93 bits per heavy atom. The Morgan fingerprint density at radius 2 is 1.53 bits per heavy atom. The SMILES string of the molecule is O=[N+]([O-])c1cc([N+](=O)[O-])c(F)cc1[O-].[K+]. The summed E-state index contributed by atoms with van der Waals surface area (Å²) >= 11 is 0. The third-order valence-corrected chi connectivity index (χ3v) is 1.42. The maximum Gasteiger partial charge on any atom is 1.00 e. The van der Waals surface area contributed by atoms with Gasteiger partial charge < -0.3 is 5.11 Å². The van der Waals surface area contributed by atoms with Crippen molar-refractivity contribution in [2.45, 2.75) is 0 Å². The van der Waals surface area contributed by atoms with Gasteiger partial charge in [-0.3, -0.25) is 20.2 Å². The van der Waals surface area contributed by atoms with Gasteiger partial charge in [-0.2, -0.15) is 4.39 Å². The van der Waals surface area contributed by atoms with Crippen LogP contribution in [0.1, 0.15) is 0 Å². The quantitative estimate of drug-likeness (QED) is 0.328. The summed E-state index contributed by atoms with van der Waals surface area (Å²) in [6.45, 7) is 0. The number of hydrogen-bond acceptors (Lipinski definition) is 5. The molecule has 0 aliphatic heterocycles. The summed E-state index contributed by atoms with van der Waals surface area (Å²) < 4.78 is 12.7. The van der Waals surface area contributed by atoms with E-state index in [0.717, 1.165) is 0 Å². The molecule has 0 amide bonds. The van der Waals surface area contributed by atoms with Crippen LogP contribution in [0.25, 0.3) is 0 Å². The number of halogens is 1. The van der Waals surface area contributed by atoms with Gasteiger partial charge in [0, 0.05) is 0 Å². The van der Waals surface area contributed by atoms with Gasteiger partial charge >= 0.3 is 57.1 Å². The fourth-order valence-electron chi connectivity index (χ4n) is 0.815. The normalized spacial score (nSPS) is 9.13. The van der Waals surface area contributed by atoms with E-state index in [1.165, 1.54) is 0 Å². The van der Waals surface area contributed by atoms with Crippen molar-refractivity contribution >= 4 is 11.4 Å². The molecule has 15 heavy (non-hydrogen) atoms. The third kappa shape index (κ3) is 3.17. The minimum Gasteiger partial charge on any atom is -0.868 e. The molecule has 1 aromatic carbocycles. The number of nitro groups is 2. The summed E-state index contributed by atoms with van der Waals surface area (Å²) in [6, 6.07) is 0.522. The van der Waals surface area contributed by atoms with Crippen molar-refractivity contribution in [3.8, 4) is 5.75 Å². The molecule has 1 rings (SSSR count). The van der Waals surface area contributed by atoms with Crippen molar-refractivity contribution < 1.29 is 70.7 Å². The van der Waals surface area contributed by atoms with Crippen molar-refractivity contribution in [1.82, 2.24) is 0 Å². The first-order chi connectivity index (χ1) is 6.43. The molecule has 0 radical (unpaired) electrons. The molecule has 9 heteroatoms. The first kappa shape index (κ1) is 14.4. The van der Waals surface area contributed by atoms with Crippen LogP contribution in [0, 0.1) is 26.0 Å². The van der Waals surface area contributed by atoms with Crippen molar-refractivity contribution in [3.05, 3.63) is 38.2 Å². The van der Waals surface area contributed by atoms with Gasteiger partial charge in [0.25, 0.3) is 5.69 Å². The molecule has 0 atom stereocenters. The number of nitrogens with zero attached hydrogens (tertiary/aromatic N) is 2. The van der Waals surface area contributed by atoms with E-state index in [2.05, 4.69) is 0 Å². The minimum absolute atomic E-state index is 0. The van der Waals surface area contributed by atoms with Crippen LogP contribution < -0.4 is 56.5 Å². The zero-order valence-corrected chi connectivity index (χ0v) is 10.6. The van der Waals surface area contributed by atoms with Gasteiger partial charge in [0.05, 0.1) is 15.9 Å². The summed E-state index contributed by atoms with van der Waals surface area (Å²) in [5, 5.41) is 31.1. The fraction of sp³-hybridized carbons (Fsp3) is 0. The molecular weight excluding hydrogens is 238 g/mol. The topological polar surface area (TPSA) is 109 Å². The van der Waals surface area contributed by atoms with E-state index >= 15 is 0 Å². The second-order valence-electron chi connectivity index (χ2n) is 2.29. The Labute approximate surface area is 125 Å². The van der Waals surface area contributed by atoms with Crippen molar-refractivity contribution in [1.29, 1.82) is 0 Å². The number of nitro benzene ring substituents is 2. The van der Waals surface area contributed by atoms with Gasteiger partial charge in [0.2, 0.25) is 0 Å². The summed E-state index contributed by atoms with van der Waals surface area (Å²) in [6.07, 6.45) is 0. The van der Waals surface area contributed by atoms with Crippen molar-refractivity contribution in [2.75, 3.05) is 0 Å². The predicted octanol–water partition coefficient (Wildman–Crippen LogP) is -2.28. The Bertz CT molecular complexity index is 389. The van der Waals surface area contributed by atoms with Crippen LogP contribution in [-0.2, 0) is 0 Å². The first-order valence-corrected chi connectivity index (χ1v) is 3.23. The van der Waals surface area contributed by atoms with Crippen LogP contribution in [-0.4, -0.2) is 9.85 Å². The molecule has 0 heterocycles. The van der Waals surface area contributed by atoms with Gasteiger partial charge in [-0.1, -0.05) is 0 Å². The largest absolute Gasteiger partial charge is 1.00 e. The predicted molar refractivity (Wildman–Crippen MR) is 39.2 cm³/mol. The van der Waals surface area contributed by atoms with E-state index in [1.807, 2.05) is 0 Å². The minimum atomic E-state index is -1.38. The molecule has 0 bridgehead atoms. The molecule has 0 aromatic heterocycles. The molecule has 0 aliphatic carbocycles. The standard InChI is InChI=1S/C6H3FN2O5.K/c7-3-1-6(10)5(9(13)14)2-4(3)8(11)12;/h1-2,10H;/q;+1/p-1. The summed E-state index contributed by atoms with van der Waals surface area (Å²) in [5.41, 5.74) is -2.10. The second-order valence-corrected chi connectivity index (χ2v) is 2.29. The number of hydrogen-bond donors (Lipinski definition) is 0. The van der Waals surface area contributed by atoms with Gasteiger partial charge in [-0.05, 0) is 11.8 Å². The molecule has 74 valence electrons. The number of rotatable bonds is 2. The Hall–Kier alpha value is -0.614. The third-order valence-electron chi connectivity index (χ3n) is 1.42. The monoisotopic (exact) mass is 240 g/mol. The molecule has 1 aromatic rings. The Balaban J connectivity index is 0.00000196. The van der Waals surface area contributed by atoms with Gasteiger partial charge in [0.15, 0.2) is 5.82 Å². The average molecular weight is 240 g/mol. The fourth-order valence-corrected chi connectivity index (χ4v) is 0.815. The van der Waals surface area contributed by atoms with E-state index in [1.54, 1.807) is 0 Å². The van der Waals surface area contributed by atoms with Crippen LogP contribution in [0.2, 0.25) is 0 Å². The average Bonchev–Trinajstić information content (AvgIpc) is 2.02. The molecule has 0 spiro atoms. The van der Waals surface area contributed by atoms with E-state index in [-0.39, 0.29) is 57.5 Å². The van der Waals surface area contributed by atoms with Gasteiger partial charge in [-0.25, -0.2) is 0 Å². The molecule has 0 fully saturated rings. The van der Waals surface area contributed by atoms with Gasteiger partial charge in [-0.15, -0.1) is 0 Å². The molecule has 0 aliphatic rings. The van der Waals surface area contributed by atoms with Crippen LogP contribution in [0.5, 0.6) is 5.75 Å². The zero-order valence-electron chi connectivity index (χ0n) is 7.47. The second kappa shape index (κ2) is 5.46. The van der Waals surface area contributed by atoms with Crippen molar-refractivity contribution in [3.63, 3.8) is 0 Å². The van der Waals surface area contributed by atoms with Crippen LogP contribution in [0.3, 0.4) is 0 Å². The van der Waals surface area contributed by atoms with E-state index in [9.17, 15) is 29.7 Å². The van der Waals surface area contributed by atoms with E-state index in [0.29, 0.717) is 6.07 Å².